The van der Waals surface area contributed by atoms with Gasteiger partial charge in [-0.1, -0.05) is 15.9 Å². The molecule has 0 spiro atoms. The Morgan fingerprint density at radius 2 is 2.05 bits per heavy atom. The average Bonchev–Trinajstić information content (AvgIpc) is 2.41. The van der Waals surface area contributed by atoms with E-state index >= 15 is 0 Å². The van der Waals surface area contributed by atoms with Crippen molar-refractivity contribution in [2.24, 2.45) is 5.10 Å². The Morgan fingerprint density at radius 3 is 2.70 bits per heavy atom. The van der Waals surface area contributed by atoms with E-state index in [4.69, 9.17) is 4.74 Å². The fourth-order valence-corrected chi connectivity index (χ4v) is 3.48. The van der Waals surface area contributed by atoms with E-state index in [2.05, 4.69) is 49.0 Å². The van der Waals surface area contributed by atoms with Crippen LogP contribution in [0.2, 0.25) is 0 Å². The van der Waals surface area contributed by atoms with E-state index in [-0.39, 0.29) is 0 Å². The van der Waals surface area contributed by atoms with E-state index < -0.39 is 0 Å². The normalized spacial score (nSPS) is 16.9. The van der Waals surface area contributed by atoms with Gasteiger partial charge in [0.25, 0.3) is 0 Å². The molecule has 4 nitrogen and oxygen atoms in total. The van der Waals surface area contributed by atoms with Crippen LogP contribution in [0.4, 0.5) is 0 Å². The number of nitrogens with zero attached hydrogens (tertiary/aromatic N) is 2. The number of nitrogens with one attached hydrogen (secondary N) is 1. The minimum atomic E-state index is 0.638. The Bertz CT molecular complexity index is 486. The molecule has 1 N–H and O–H groups in total. The van der Waals surface area contributed by atoms with Crippen molar-refractivity contribution in [2.45, 2.75) is 6.92 Å². The molecule has 1 aliphatic heterocycles. The number of quaternary nitrogens is 1. The first-order valence-corrected chi connectivity index (χ1v) is 8.41. The number of ether oxygens (including phenoxy) is 1. The van der Waals surface area contributed by atoms with Gasteiger partial charge in [0.2, 0.25) is 0 Å². The van der Waals surface area contributed by atoms with Gasteiger partial charge in [-0.2, -0.15) is 5.10 Å². The summed E-state index contributed by atoms with van der Waals surface area (Å²) in [4.78, 5) is 1.57. The fraction of sp³-hybridized carbons (Fsp3) is 0.500. The zero-order valence-corrected chi connectivity index (χ0v) is 15.0. The molecule has 1 saturated heterocycles. The van der Waals surface area contributed by atoms with Gasteiger partial charge >= 0.3 is 0 Å². The van der Waals surface area contributed by atoms with Crippen LogP contribution in [-0.2, 0) is 0 Å². The van der Waals surface area contributed by atoms with Gasteiger partial charge in [-0.25, -0.2) is 0 Å². The lowest BCUT2D eigenvalue weighted by atomic mass is 10.2. The van der Waals surface area contributed by atoms with Crippen LogP contribution in [0.3, 0.4) is 0 Å². The zero-order chi connectivity index (χ0) is 14.5. The molecule has 6 heteroatoms. The molecule has 110 valence electrons. The largest absolute Gasteiger partial charge is 0.492 e. The first-order valence-electron chi connectivity index (χ1n) is 6.82. The van der Waals surface area contributed by atoms with Crippen molar-refractivity contribution in [1.82, 2.24) is 5.01 Å². The van der Waals surface area contributed by atoms with Crippen molar-refractivity contribution in [2.75, 3.05) is 39.8 Å². The lowest BCUT2D eigenvalue weighted by Gasteiger charge is -2.27. The molecule has 1 heterocycles. The van der Waals surface area contributed by atoms with Gasteiger partial charge in [-0.3, -0.25) is 5.01 Å². The zero-order valence-electron chi connectivity index (χ0n) is 11.8. The van der Waals surface area contributed by atoms with Crippen molar-refractivity contribution in [3.8, 4) is 5.75 Å². The molecule has 0 saturated carbocycles. The SMILES string of the molecule is CCOc1c(Br)cc(Br)cc1/C=N\N1CC[NH+](C)CC1. The van der Waals surface area contributed by atoms with Gasteiger partial charge in [-0.05, 0) is 35.0 Å². The number of hydrogen-bond acceptors (Lipinski definition) is 3. The summed E-state index contributed by atoms with van der Waals surface area (Å²) >= 11 is 7.05. The Balaban J connectivity index is 2.15. The highest BCUT2D eigenvalue weighted by Gasteiger charge is 2.15. The van der Waals surface area contributed by atoms with Crippen molar-refractivity contribution in [1.29, 1.82) is 0 Å². The highest BCUT2D eigenvalue weighted by atomic mass is 79.9. The highest BCUT2D eigenvalue weighted by Crippen LogP contribution is 2.32. The molecule has 1 fully saturated rings. The van der Waals surface area contributed by atoms with E-state index in [0.717, 1.165) is 46.4 Å². The van der Waals surface area contributed by atoms with Crippen LogP contribution in [0.25, 0.3) is 0 Å². The molecule has 2 rings (SSSR count). The summed E-state index contributed by atoms with van der Waals surface area (Å²) in [5.74, 6) is 0.846. The van der Waals surface area contributed by atoms with Gasteiger partial charge in [0.15, 0.2) is 0 Å². The molecule has 1 aliphatic rings. The minimum absolute atomic E-state index is 0.638. The molecule has 0 amide bonds. The monoisotopic (exact) mass is 404 g/mol. The molecule has 0 aliphatic carbocycles. The molecule has 0 atom stereocenters. The Morgan fingerprint density at radius 1 is 1.35 bits per heavy atom. The molecule has 0 unspecified atom stereocenters. The number of hydrogen-bond donors (Lipinski definition) is 1. The quantitative estimate of drug-likeness (QED) is 0.773. The molecular formula is C14H20Br2N3O+. The molecule has 1 aromatic rings. The summed E-state index contributed by atoms with van der Waals surface area (Å²) in [5.41, 5.74) is 0.986. The lowest BCUT2D eigenvalue weighted by Crippen LogP contribution is -3.11. The third kappa shape index (κ3) is 4.20. The summed E-state index contributed by atoms with van der Waals surface area (Å²) in [5, 5.41) is 6.71. The lowest BCUT2D eigenvalue weighted by molar-refractivity contribution is -0.884. The number of piperazine rings is 1. The van der Waals surface area contributed by atoms with Gasteiger partial charge in [0.05, 0.1) is 50.5 Å². The maximum absolute atomic E-state index is 5.70. The Hall–Kier alpha value is -0.590. The molecule has 0 radical (unpaired) electrons. The van der Waals surface area contributed by atoms with Gasteiger partial charge < -0.3 is 9.64 Å². The topological polar surface area (TPSA) is 29.3 Å². The number of hydrazone groups is 1. The predicted molar refractivity (Wildman–Crippen MR) is 88.8 cm³/mol. The van der Waals surface area contributed by atoms with Crippen molar-refractivity contribution in [3.05, 3.63) is 26.6 Å². The molecule has 0 aromatic heterocycles. The number of benzene rings is 1. The van der Waals surface area contributed by atoms with Gasteiger partial charge in [-0.15, -0.1) is 0 Å². The van der Waals surface area contributed by atoms with Crippen LogP contribution in [0.1, 0.15) is 12.5 Å². The second-order valence-corrected chi connectivity index (χ2v) is 6.66. The van der Waals surface area contributed by atoms with Gasteiger partial charge in [0, 0.05) is 10.0 Å². The van der Waals surface area contributed by atoms with E-state index in [9.17, 15) is 0 Å². The van der Waals surface area contributed by atoms with Crippen LogP contribution in [0.15, 0.2) is 26.2 Å². The van der Waals surface area contributed by atoms with E-state index in [1.165, 1.54) is 0 Å². The fourth-order valence-electron chi connectivity index (χ4n) is 2.11. The molecule has 0 bridgehead atoms. The summed E-state index contributed by atoms with van der Waals surface area (Å²) in [6, 6.07) is 4.02. The summed E-state index contributed by atoms with van der Waals surface area (Å²) in [6.45, 7) is 6.90. The smallest absolute Gasteiger partial charge is 0.142 e. The second kappa shape index (κ2) is 7.43. The van der Waals surface area contributed by atoms with Crippen LogP contribution in [0.5, 0.6) is 5.75 Å². The first-order chi connectivity index (χ1) is 9.60. The Labute approximate surface area is 137 Å². The van der Waals surface area contributed by atoms with Crippen molar-refractivity contribution in [3.63, 3.8) is 0 Å². The maximum Gasteiger partial charge on any atom is 0.142 e. The average molecular weight is 406 g/mol. The third-order valence-corrected chi connectivity index (χ3v) is 4.33. The van der Waals surface area contributed by atoms with Crippen LogP contribution < -0.4 is 9.64 Å². The second-order valence-electron chi connectivity index (χ2n) is 4.89. The predicted octanol–water partition coefficient (Wildman–Crippen LogP) is 1.77. The minimum Gasteiger partial charge on any atom is -0.492 e. The van der Waals surface area contributed by atoms with E-state index in [0.29, 0.717) is 6.61 Å². The maximum atomic E-state index is 5.70. The Kier molecular flexibility index (Phi) is 5.86. The number of rotatable bonds is 4. The van der Waals surface area contributed by atoms with E-state index in [1.807, 2.05) is 25.3 Å². The number of likely N-dealkylation sites (N-methyl/N-ethyl adjacent to an activating group) is 1. The van der Waals surface area contributed by atoms with Crippen LogP contribution >= 0.6 is 31.9 Å². The standard InChI is InChI=1S/C14H19Br2N3O/c1-3-20-14-11(8-12(15)9-13(14)16)10-17-19-6-4-18(2)5-7-19/h8-10H,3-7H2,1-2H3/p+1/b17-10-. The summed E-state index contributed by atoms with van der Waals surface area (Å²) in [7, 11) is 2.22. The number of halogens is 2. The van der Waals surface area contributed by atoms with Gasteiger partial charge in [0.1, 0.15) is 5.75 Å². The van der Waals surface area contributed by atoms with Crippen molar-refractivity contribution >= 4 is 38.1 Å². The third-order valence-electron chi connectivity index (χ3n) is 3.28. The summed E-state index contributed by atoms with van der Waals surface area (Å²) in [6.07, 6.45) is 1.89. The molecular weight excluding hydrogens is 386 g/mol. The molecule has 20 heavy (non-hydrogen) atoms. The molecule has 1 aromatic carbocycles. The highest BCUT2D eigenvalue weighted by molar-refractivity contribution is 9.11. The first kappa shape index (κ1) is 15.8. The van der Waals surface area contributed by atoms with E-state index in [1.54, 1.807) is 4.90 Å². The van der Waals surface area contributed by atoms with Crippen molar-refractivity contribution < 1.29 is 9.64 Å². The van der Waals surface area contributed by atoms with Crippen LogP contribution in [0, 0.1) is 0 Å². The van der Waals surface area contributed by atoms with Crippen LogP contribution in [-0.4, -0.2) is 51.1 Å². The summed E-state index contributed by atoms with van der Waals surface area (Å²) < 4.78 is 7.65.